The summed E-state index contributed by atoms with van der Waals surface area (Å²) in [5.41, 5.74) is 5.82. The van der Waals surface area contributed by atoms with E-state index in [4.69, 9.17) is 14.7 Å². The number of nitrogens with two attached hydrogens (primary N) is 1. The Bertz CT molecular complexity index is 600. The third-order valence-electron chi connectivity index (χ3n) is 3.78. The lowest BCUT2D eigenvalue weighted by atomic mass is 9.99. The third-order valence-corrected chi connectivity index (χ3v) is 3.78. The van der Waals surface area contributed by atoms with Crippen LogP contribution in [0.3, 0.4) is 0 Å². The number of carbonyl (C=O) groups is 1. The van der Waals surface area contributed by atoms with Crippen molar-refractivity contribution in [3.8, 4) is 0 Å². The quantitative estimate of drug-likeness (QED) is 0.861. The maximum atomic E-state index is 11.7. The molecule has 3 N–H and O–H groups in total. The fraction of sp³-hybridized carbons (Fsp3) is 0.500. The molecular weight excluding hydrogens is 272 g/mol. The Morgan fingerprint density at radius 2 is 2.24 bits per heavy atom. The molecule has 2 aromatic rings. The first-order chi connectivity index (χ1) is 10.2. The molecule has 2 heterocycles. The highest BCUT2D eigenvalue weighted by atomic mass is 16.5. The maximum absolute atomic E-state index is 11.7. The first kappa shape index (κ1) is 13.8. The van der Waals surface area contributed by atoms with Crippen LogP contribution in [0.4, 0.5) is 0 Å². The molecule has 7 nitrogen and oxygen atoms in total. The Balaban J connectivity index is 1.52. The van der Waals surface area contributed by atoms with E-state index >= 15 is 0 Å². The zero-order chi connectivity index (χ0) is 14.7. The minimum absolute atomic E-state index is 0.258. The molecule has 0 saturated heterocycles. The van der Waals surface area contributed by atoms with E-state index in [0.717, 1.165) is 25.7 Å². The van der Waals surface area contributed by atoms with E-state index in [2.05, 4.69) is 15.5 Å². The van der Waals surface area contributed by atoms with Crippen molar-refractivity contribution in [3.05, 3.63) is 35.9 Å². The molecule has 0 atom stereocenters. The van der Waals surface area contributed by atoms with Gasteiger partial charge in [0, 0.05) is 13.0 Å². The first-order valence-corrected chi connectivity index (χ1v) is 7.11. The van der Waals surface area contributed by atoms with Crippen LogP contribution in [0.25, 0.3) is 0 Å². The third kappa shape index (κ3) is 2.97. The molecule has 1 aliphatic rings. The predicted molar refractivity (Wildman–Crippen MR) is 73.4 cm³/mol. The summed E-state index contributed by atoms with van der Waals surface area (Å²) in [6, 6.07) is 3.28. The molecule has 0 unspecified atom stereocenters. The smallest absolute Gasteiger partial charge is 0.286 e. The number of nitrogens with one attached hydrogen (secondary N) is 1. The highest BCUT2D eigenvalue weighted by Crippen LogP contribution is 2.34. The average Bonchev–Trinajstić information content (AvgIpc) is 3.20. The average molecular weight is 290 g/mol. The fourth-order valence-corrected chi connectivity index (χ4v) is 2.57. The van der Waals surface area contributed by atoms with Crippen LogP contribution in [-0.2, 0) is 12.0 Å². The van der Waals surface area contributed by atoms with Crippen molar-refractivity contribution in [2.24, 2.45) is 5.73 Å². The van der Waals surface area contributed by atoms with Gasteiger partial charge in [-0.1, -0.05) is 18.0 Å². The summed E-state index contributed by atoms with van der Waals surface area (Å²) >= 11 is 0. The highest BCUT2D eigenvalue weighted by molar-refractivity contribution is 5.91. The summed E-state index contributed by atoms with van der Waals surface area (Å²) in [5.74, 6) is 1.09. The second-order valence-corrected chi connectivity index (χ2v) is 5.36. The van der Waals surface area contributed by atoms with Gasteiger partial charge < -0.3 is 20.0 Å². The Kier molecular flexibility index (Phi) is 3.74. The van der Waals surface area contributed by atoms with Gasteiger partial charge in [0.15, 0.2) is 11.6 Å². The number of hydrogen-bond donors (Lipinski definition) is 2. The molecular formula is C14H18N4O3. The van der Waals surface area contributed by atoms with E-state index in [0.29, 0.717) is 24.7 Å². The van der Waals surface area contributed by atoms with E-state index < -0.39 is 5.54 Å². The van der Waals surface area contributed by atoms with Gasteiger partial charge in [0.05, 0.1) is 11.8 Å². The van der Waals surface area contributed by atoms with Crippen LogP contribution in [0.2, 0.25) is 0 Å². The van der Waals surface area contributed by atoms with Gasteiger partial charge in [0.1, 0.15) is 0 Å². The summed E-state index contributed by atoms with van der Waals surface area (Å²) in [6.45, 7) is 0.402. The van der Waals surface area contributed by atoms with Gasteiger partial charge in [0.2, 0.25) is 5.89 Å². The highest BCUT2D eigenvalue weighted by Gasteiger charge is 2.35. The van der Waals surface area contributed by atoms with Crippen molar-refractivity contribution < 1.29 is 13.7 Å². The van der Waals surface area contributed by atoms with Crippen LogP contribution < -0.4 is 11.1 Å². The molecule has 1 saturated carbocycles. The van der Waals surface area contributed by atoms with E-state index in [1.165, 1.54) is 6.26 Å². The molecule has 2 aromatic heterocycles. The monoisotopic (exact) mass is 290 g/mol. The summed E-state index contributed by atoms with van der Waals surface area (Å²) < 4.78 is 10.2. The molecule has 1 aliphatic carbocycles. The van der Waals surface area contributed by atoms with Gasteiger partial charge in [-0.3, -0.25) is 4.79 Å². The summed E-state index contributed by atoms with van der Waals surface area (Å²) in [5, 5.41) is 6.71. The lowest BCUT2D eigenvalue weighted by Crippen LogP contribution is -2.34. The topological polar surface area (TPSA) is 107 Å². The Labute approximate surface area is 121 Å². The maximum Gasteiger partial charge on any atom is 0.286 e. The normalized spacial score (nSPS) is 17.0. The molecule has 1 fully saturated rings. The zero-order valence-electron chi connectivity index (χ0n) is 11.7. The van der Waals surface area contributed by atoms with Crippen LogP contribution in [0.5, 0.6) is 0 Å². The lowest BCUT2D eigenvalue weighted by molar-refractivity contribution is 0.0925. The van der Waals surface area contributed by atoms with Gasteiger partial charge in [-0.05, 0) is 25.0 Å². The Morgan fingerprint density at radius 1 is 1.43 bits per heavy atom. The molecule has 0 bridgehead atoms. The molecule has 1 amide bonds. The van der Waals surface area contributed by atoms with Crippen LogP contribution in [0.15, 0.2) is 27.3 Å². The number of hydrogen-bond acceptors (Lipinski definition) is 6. The zero-order valence-corrected chi connectivity index (χ0v) is 11.7. The molecule has 7 heteroatoms. The van der Waals surface area contributed by atoms with Crippen LogP contribution in [0, 0.1) is 0 Å². The molecule has 21 heavy (non-hydrogen) atoms. The number of amides is 1. The van der Waals surface area contributed by atoms with Crippen molar-refractivity contribution in [2.75, 3.05) is 6.54 Å². The second kappa shape index (κ2) is 5.69. The molecule has 112 valence electrons. The molecule has 0 aliphatic heterocycles. The minimum atomic E-state index is -0.445. The van der Waals surface area contributed by atoms with E-state index in [1.54, 1.807) is 12.1 Å². The van der Waals surface area contributed by atoms with E-state index in [1.807, 2.05) is 0 Å². The Hall–Kier alpha value is -2.15. The summed E-state index contributed by atoms with van der Waals surface area (Å²) in [7, 11) is 0. The SMILES string of the molecule is NC1(c2noc(CCNC(=O)c3ccco3)n2)CCCC1. The Morgan fingerprint density at radius 3 is 2.95 bits per heavy atom. The van der Waals surface area contributed by atoms with Crippen molar-refractivity contribution in [1.82, 2.24) is 15.5 Å². The second-order valence-electron chi connectivity index (χ2n) is 5.36. The summed E-state index contributed by atoms with van der Waals surface area (Å²) in [4.78, 5) is 16.0. The van der Waals surface area contributed by atoms with Crippen molar-refractivity contribution >= 4 is 5.91 Å². The van der Waals surface area contributed by atoms with Crippen molar-refractivity contribution in [1.29, 1.82) is 0 Å². The minimum Gasteiger partial charge on any atom is -0.459 e. The predicted octanol–water partition coefficient (Wildman–Crippen LogP) is 1.36. The van der Waals surface area contributed by atoms with Gasteiger partial charge in [-0.2, -0.15) is 4.98 Å². The standard InChI is InChI=1S/C14H18N4O3/c15-14(6-1-2-7-14)13-17-11(21-18-13)5-8-16-12(19)10-4-3-9-20-10/h3-4,9H,1-2,5-8,15H2,(H,16,19). The molecule has 0 aromatic carbocycles. The molecule has 0 radical (unpaired) electrons. The number of carbonyl (C=O) groups excluding carboxylic acids is 1. The summed E-state index contributed by atoms with van der Waals surface area (Å²) in [6.07, 6.45) is 5.90. The van der Waals surface area contributed by atoms with Crippen LogP contribution >= 0.6 is 0 Å². The fourth-order valence-electron chi connectivity index (χ4n) is 2.57. The number of aromatic nitrogens is 2. The van der Waals surface area contributed by atoms with Crippen LogP contribution in [0.1, 0.15) is 48.0 Å². The largest absolute Gasteiger partial charge is 0.459 e. The number of rotatable bonds is 5. The van der Waals surface area contributed by atoms with E-state index in [-0.39, 0.29) is 11.7 Å². The number of nitrogens with zero attached hydrogens (tertiary/aromatic N) is 2. The van der Waals surface area contributed by atoms with Gasteiger partial charge >= 0.3 is 0 Å². The van der Waals surface area contributed by atoms with Crippen LogP contribution in [-0.4, -0.2) is 22.6 Å². The molecule has 0 spiro atoms. The van der Waals surface area contributed by atoms with Gasteiger partial charge in [0.25, 0.3) is 5.91 Å². The van der Waals surface area contributed by atoms with Gasteiger partial charge in [-0.25, -0.2) is 0 Å². The first-order valence-electron chi connectivity index (χ1n) is 7.11. The molecule has 3 rings (SSSR count). The van der Waals surface area contributed by atoms with Crippen molar-refractivity contribution in [3.63, 3.8) is 0 Å². The van der Waals surface area contributed by atoms with Crippen molar-refractivity contribution in [2.45, 2.75) is 37.6 Å². The van der Waals surface area contributed by atoms with Gasteiger partial charge in [-0.15, -0.1) is 0 Å². The lowest BCUT2D eigenvalue weighted by Gasteiger charge is -2.17. The van der Waals surface area contributed by atoms with E-state index in [9.17, 15) is 4.79 Å². The number of furan rings is 1.